The Balaban J connectivity index is 3.56. The zero-order chi connectivity index (χ0) is 17.2. The highest BCUT2D eigenvalue weighted by atomic mass is 16.6. The molecule has 1 aromatic carbocycles. The summed E-state index contributed by atoms with van der Waals surface area (Å²) in [5.41, 5.74) is 3.98. The van der Waals surface area contributed by atoms with Crippen LogP contribution in [0.5, 0.6) is 0 Å². The molecule has 0 heterocycles. The predicted molar refractivity (Wildman–Crippen MR) is 78.8 cm³/mol. The average Bonchev–Trinajstić information content (AvgIpc) is 2.37. The third-order valence-electron chi connectivity index (χ3n) is 2.80. The summed E-state index contributed by atoms with van der Waals surface area (Å²) in [5, 5.41) is 11.2. The minimum absolute atomic E-state index is 0.00811. The number of carbonyl (C=O) groups is 2. The molecule has 8 nitrogen and oxygen atoms in total. The van der Waals surface area contributed by atoms with Gasteiger partial charge in [-0.15, -0.1) is 0 Å². The second kappa shape index (κ2) is 6.00. The number of anilines is 1. The molecule has 0 unspecified atom stereocenters. The number of carbonyl (C=O) groups excluding carboxylic acids is 2. The van der Waals surface area contributed by atoms with Gasteiger partial charge in [0.2, 0.25) is 0 Å². The molecule has 8 heteroatoms. The lowest BCUT2D eigenvalue weighted by Crippen LogP contribution is -2.25. The van der Waals surface area contributed by atoms with Crippen LogP contribution < -0.4 is 5.73 Å². The monoisotopic (exact) mass is 310 g/mol. The van der Waals surface area contributed by atoms with E-state index in [1.807, 2.05) is 0 Å². The molecule has 0 fully saturated rings. The van der Waals surface area contributed by atoms with E-state index in [0.717, 1.165) is 13.2 Å². The fourth-order valence-corrected chi connectivity index (χ4v) is 1.82. The van der Waals surface area contributed by atoms with Crippen LogP contribution in [-0.4, -0.2) is 29.6 Å². The Morgan fingerprint density at radius 1 is 1.23 bits per heavy atom. The number of nitrogen functional groups attached to an aromatic ring is 1. The molecule has 0 atom stereocenters. The molecule has 0 aliphatic heterocycles. The van der Waals surface area contributed by atoms with Crippen molar-refractivity contribution < 1.29 is 24.0 Å². The molecular formula is C14H18N2O6. The largest absolute Gasteiger partial charge is 0.465 e. The first-order valence-electron chi connectivity index (χ1n) is 6.38. The van der Waals surface area contributed by atoms with E-state index in [0.29, 0.717) is 0 Å². The topological polar surface area (TPSA) is 122 Å². The average molecular weight is 310 g/mol. The fourth-order valence-electron chi connectivity index (χ4n) is 1.82. The number of ether oxygens (including phenoxy) is 2. The minimum atomic E-state index is -0.931. The van der Waals surface area contributed by atoms with Crippen molar-refractivity contribution in [2.45, 2.75) is 33.3 Å². The first kappa shape index (κ1) is 17.4. The summed E-state index contributed by atoms with van der Waals surface area (Å²) in [4.78, 5) is 34.3. The van der Waals surface area contributed by atoms with Crippen molar-refractivity contribution in [3.8, 4) is 0 Å². The van der Waals surface area contributed by atoms with Crippen LogP contribution in [0.3, 0.4) is 0 Å². The number of benzene rings is 1. The maximum atomic E-state index is 12.2. The highest BCUT2D eigenvalue weighted by Crippen LogP contribution is 2.32. The molecule has 22 heavy (non-hydrogen) atoms. The summed E-state index contributed by atoms with van der Waals surface area (Å²) in [6.07, 6.45) is 0. The van der Waals surface area contributed by atoms with Crippen molar-refractivity contribution in [1.29, 1.82) is 0 Å². The zero-order valence-electron chi connectivity index (χ0n) is 13.1. The highest BCUT2D eigenvalue weighted by Gasteiger charge is 2.30. The van der Waals surface area contributed by atoms with Gasteiger partial charge in [0.1, 0.15) is 11.2 Å². The van der Waals surface area contributed by atoms with Crippen LogP contribution in [0.4, 0.5) is 11.4 Å². The van der Waals surface area contributed by atoms with Crippen molar-refractivity contribution in [3.63, 3.8) is 0 Å². The molecule has 0 bridgehead atoms. The third kappa shape index (κ3) is 3.51. The standard InChI is InChI=1S/C14H18N2O6/c1-7-10(15)8(13(18)22-14(2,3)4)6-9(12(17)21-5)11(7)16(19)20/h6H,15H2,1-5H3. The van der Waals surface area contributed by atoms with Gasteiger partial charge in [-0.2, -0.15) is 0 Å². The van der Waals surface area contributed by atoms with Gasteiger partial charge < -0.3 is 15.2 Å². The van der Waals surface area contributed by atoms with Gasteiger partial charge >= 0.3 is 11.9 Å². The zero-order valence-corrected chi connectivity index (χ0v) is 13.1. The molecule has 2 N–H and O–H groups in total. The van der Waals surface area contributed by atoms with Crippen LogP contribution in [0.1, 0.15) is 47.1 Å². The van der Waals surface area contributed by atoms with Crippen molar-refractivity contribution in [3.05, 3.63) is 32.9 Å². The third-order valence-corrected chi connectivity index (χ3v) is 2.80. The van der Waals surface area contributed by atoms with Gasteiger partial charge in [-0.25, -0.2) is 9.59 Å². The number of nitrogens with two attached hydrogens (primary N) is 1. The second-order valence-corrected chi connectivity index (χ2v) is 5.61. The Hall–Kier alpha value is -2.64. The maximum absolute atomic E-state index is 12.2. The quantitative estimate of drug-likeness (QED) is 0.393. The van der Waals surface area contributed by atoms with Crippen LogP contribution in [-0.2, 0) is 9.47 Å². The van der Waals surface area contributed by atoms with E-state index >= 15 is 0 Å². The Morgan fingerprint density at radius 2 is 1.77 bits per heavy atom. The molecule has 0 aliphatic carbocycles. The molecule has 0 aromatic heterocycles. The highest BCUT2D eigenvalue weighted by molar-refractivity contribution is 6.03. The van der Waals surface area contributed by atoms with Crippen molar-refractivity contribution in [1.82, 2.24) is 0 Å². The van der Waals surface area contributed by atoms with Crippen molar-refractivity contribution in [2.24, 2.45) is 0 Å². The van der Waals surface area contributed by atoms with Crippen LogP contribution in [0.2, 0.25) is 0 Å². The van der Waals surface area contributed by atoms with Gasteiger partial charge in [0.15, 0.2) is 0 Å². The number of nitro benzene ring substituents is 1. The van der Waals surface area contributed by atoms with Crippen molar-refractivity contribution >= 4 is 23.3 Å². The number of nitrogens with zero attached hydrogens (tertiary/aromatic N) is 1. The number of hydrogen-bond donors (Lipinski definition) is 1. The molecule has 0 aliphatic rings. The van der Waals surface area contributed by atoms with Gasteiger partial charge in [0, 0.05) is 0 Å². The van der Waals surface area contributed by atoms with E-state index in [9.17, 15) is 19.7 Å². The number of nitro groups is 1. The summed E-state index contributed by atoms with van der Waals surface area (Å²) < 4.78 is 9.71. The molecule has 0 spiro atoms. The van der Waals surface area contributed by atoms with Crippen molar-refractivity contribution in [2.75, 3.05) is 12.8 Å². The van der Waals surface area contributed by atoms with Crippen LogP contribution in [0.15, 0.2) is 6.07 Å². The van der Waals surface area contributed by atoms with E-state index < -0.39 is 28.2 Å². The normalized spacial score (nSPS) is 11.0. The summed E-state index contributed by atoms with van der Waals surface area (Å²) in [5.74, 6) is -1.70. The van der Waals surface area contributed by atoms with E-state index in [1.54, 1.807) is 20.8 Å². The molecule has 120 valence electrons. The predicted octanol–water partition coefficient (Wildman–Crippen LogP) is 2.23. The molecule has 0 radical (unpaired) electrons. The molecule has 0 amide bonds. The van der Waals surface area contributed by atoms with Gasteiger partial charge in [-0.05, 0) is 33.8 Å². The molecular weight excluding hydrogens is 292 g/mol. The fraction of sp³-hybridized carbons (Fsp3) is 0.429. The first-order valence-corrected chi connectivity index (χ1v) is 6.38. The van der Waals surface area contributed by atoms with Crippen LogP contribution >= 0.6 is 0 Å². The maximum Gasteiger partial charge on any atom is 0.344 e. The Bertz CT molecular complexity index is 646. The summed E-state index contributed by atoms with van der Waals surface area (Å²) in [6.45, 7) is 6.36. The SMILES string of the molecule is COC(=O)c1cc(C(=O)OC(C)(C)C)c(N)c(C)c1[N+](=O)[O-]. The molecule has 1 aromatic rings. The smallest absolute Gasteiger partial charge is 0.344 e. The lowest BCUT2D eigenvalue weighted by Gasteiger charge is -2.20. The Kier molecular flexibility index (Phi) is 4.75. The second-order valence-electron chi connectivity index (χ2n) is 5.61. The van der Waals surface area contributed by atoms with Gasteiger partial charge in [0.25, 0.3) is 5.69 Å². The number of hydrogen-bond acceptors (Lipinski definition) is 7. The van der Waals surface area contributed by atoms with Crippen LogP contribution in [0.25, 0.3) is 0 Å². The van der Waals surface area contributed by atoms with E-state index in [2.05, 4.69) is 4.74 Å². The first-order chi connectivity index (χ1) is 9.99. The summed E-state index contributed by atoms with van der Waals surface area (Å²) in [7, 11) is 1.09. The molecule has 0 saturated carbocycles. The summed E-state index contributed by atoms with van der Waals surface area (Å²) >= 11 is 0. The van der Waals surface area contributed by atoms with Crippen LogP contribution in [0, 0.1) is 17.0 Å². The number of esters is 2. The molecule has 1 rings (SSSR count). The molecule has 0 saturated heterocycles. The number of rotatable bonds is 3. The number of methoxy groups -OCH3 is 1. The van der Waals surface area contributed by atoms with E-state index in [-0.39, 0.29) is 22.4 Å². The van der Waals surface area contributed by atoms with Gasteiger partial charge in [-0.3, -0.25) is 10.1 Å². The van der Waals surface area contributed by atoms with Gasteiger partial charge in [-0.1, -0.05) is 0 Å². The summed E-state index contributed by atoms with van der Waals surface area (Å²) in [6, 6.07) is 1.03. The minimum Gasteiger partial charge on any atom is -0.465 e. The Morgan fingerprint density at radius 3 is 2.18 bits per heavy atom. The van der Waals surface area contributed by atoms with E-state index in [4.69, 9.17) is 10.5 Å². The Labute approximate surface area is 127 Å². The lowest BCUT2D eigenvalue weighted by atomic mass is 10.0. The lowest BCUT2D eigenvalue weighted by molar-refractivity contribution is -0.385. The van der Waals surface area contributed by atoms with Gasteiger partial charge in [0.05, 0.1) is 28.8 Å². The van der Waals surface area contributed by atoms with E-state index in [1.165, 1.54) is 6.92 Å².